The van der Waals surface area contributed by atoms with Crippen LogP contribution in [0.15, 0.2) is 179 Å². The Morgan fingerprint density at radius 1 is 0.302 bits per heavy atom. The van der Waals surface area contributed by atoms with E-state index >= 15 is 0 Å². The van der Waals surface area contributed by atoms with E-state index in [1.807, 2.05) is 90.1 Å². The van der Waals surface area contributed by atoms with E-state index in [1.54, 1.807) is 37.3 Å². The standard InChI is InChI=1S/C11H13F3.C11H14F2.C11H15F.C11H16.C10H12BrF.C10H13Br.C10H12ClF.C10H13Cl/c1-11(2,3)7-4-5-9(12)8(6-7)10(13)14;1-11(2,3)9-6-4-5-8(7-9)10(12)13;1-8-7-9(11(2,3)4)5-6-10(8)12;1-9-6-5-7-10(8-9)11(2,3)4;1-10(2,3)7-4-5-9(12)8(11)6-7;1-10(2,3)8-5-4-6-9(11)7-8;1-10(2,3)7-4-5-9(12)8(11)6-7;1-10(2,3)8-5-4-6-9(11)7-8/h4-6,10H,1-3H3;4-7,10H,1-3H3;5-7H,1-4H3;5-8H,1-4H3;4-6H,1-3H3;4-7H,1-3H3;4-6H,1-3H3;4-7H,1-3H3. The van der Waals surface area contributed by atoms with Gasteiger partial charge in [0, 0.05) is 15.1 Å². The number of benzene rings is 8. The average Bonchev–Trinajstić information content (AvgIpc) is 0.949. The summed E-state index contributed by atoms with van der Waals surface area (Å²) in [5.74, 6) is -1.52. The maximum Gasteiger partial charge on any atom is 0.266 e. The predicted molar refractivity (Wildman–Crippen MR) is 406 cm³/mol. The van der Waals surface area contributed by atoms with E-state index in [9.17, 15) is 35.1 Å². The van der Waals surface area contributed by atoms with Gasteiger partial charge in [0.2, 0.25) is 0 Å². The van der Waals surface area contributed by atoms with E-state index in [4.69, 9.17) is 23.2 Å². The Balaban J connectivity index is 0.000000549. The molecule has 0 radical (unpaired) electrons. The summed E-state index contributed by atoms with van der Waals surface area (Å²) < 4.78 is 102. The van der Waals surface area contributed by atoms with Crippen LogP contribution in [0.4, 0.5) is 35.1 Å². The molecule has 0 bridgehead atoms. The Kier molecular flexibility index (Phi) is 34.9. The minimum Gasteiger partial charge on any atom is -0.207 e. The van der Waals surface area contributed by atoms with E-state index in [-0.39, 0.29) is 71.4 Å². The van der Waals surface area contributed by atoms with Crippen molar-refractivity contribution in [1.82, 2.24) is 0 Å². The highest BCUT2D eigenvalue weighted by Crippen LogP contribution is 2.33. The molecule has 0 fully saturated rings. The molecular weight excluding hydrogens is 1390 g/mol. The highest BCUT2D eigenvalue weighted by molar-refractivity contribution is 9.10. The SMILES string of the molecule is CC(C)(C)c1ccc(F)c(Br)c1.CC(C)(C)c1ccc(F)c(C(F)F)c1.CC(C)(C)c1ccc(F)c(Cl)c1.CC(C)(C)c1cccc(Br)c1.CC(C)(C)c1cccc(C(F)F)c1.CC(C)(C)c1cccc(Cl)c1.Cc1cc(C(C)(C)C)ccc1F.Cc1cccc(C(C)(C)C)c1. The molecule has 0 aliphatic rings. The molecule has 0 heterocycles. The van der Waals surface area contributed by atoms with Gasteiger partial charge in [-0.3, -0.25) is 0 Å². The first kappa shape index (κ1) is 88.8. The first-order valence-corrected chi connectivity index (χ1v) is 34.5. The highest BCUT2D eigenvalue weighted by atomic mass is 79.9. The van der Waals surface area contributed by atoms with Crippen molar-refractivity contribution in [3.63, 3.8) is 0 Å². The van der Waals surface area contributed by atoms with E-state index in [0.29, 0.717) is 10.0 Å². The average molecular weight is 1500 g/mol. The van der Waals surface area contributed by atoms with Gasteiger partial charge in [-0.05, 0) is 196 Å². The van der Waals surface area contributed by atoms with E-state index in [1.165, 1.54) is 58.1 Å². The molecule has 0 unspecified atom stereocenters. The lowest BCUT2D eigenvalue weighted by atomic mass is 9.86. The van der Waals surface area contributed by atoms with E-state index in [0.717, 1.165) is 37.8 Å². The molecule has 12 heteroatoms. The molecule has 0 saturated carbocycles. The summed E-state index contributed by atoms with van der Waals surface area (Å²) in [7, 11) is 0. The van der Waals surface area contributed by atoms with Crippen LogP contribution in [0.1, 0.15) is 246 Å². The predicted octanol–water partition coefficient (Wildman–Crippen LogP) is 29.8. The zero-order chi connectivity index (χ0) is 74.5. The van der Waals surface area contributed by atoms with Crippen LogP contribution in [0.2, 0.25) is 10.0 Å². The van der Waals surface area contributed by atoms with Crippen LogP contribution in [0.25, 0.3) is 0 Å². The van der Waals surface area contributed by atoms with Crippen LogP contribution < -0.4 is 0 Å². The minimum atomic E-state index is -2.75. The van der Waals surface area contributed by atoms with Crippen molar-refractivity contribution in [3.05, 3.63) is 279 Å². The van der Waals surface area contributed by atoms with Gasteiger partial charge in [0.1, 0.15) is 23.3 Å². The van der Waals surface area contributed by atoms with Crippen molar-refractivity contribution in [1.29, 1.82) is 0 Å². The van der Waals surface area contributed by atoms with Gasteiger partial charge in [-0.15, -0.1) is 0 Å². The van der Waals surface area contributed by atoms with Crippen molar-refractivity contribution in [3.8, 4) is 0 Å². The van der Waals surface area contributed by atoms with Crippen molar-refractivity contribution in [2.45, 2.75) is 236 Å². The third kappa shape index (κ3) is 33.5. The van der Waals surface area contributed by atoms with Gasteiger partial charge in [-0.25, -0.2) is 35.1 Å². The monoisotopic (exact) mass is 1500 g/mol. The second-order valence-electron chi connectivity index (χ2n) is 32.1. The van der Waals surface area contributed by atoms with Gasteiger partial charge in [0.05, 0.1) is 15.1 Å². The maximum atomic E-state index is 12.9. The summed E-state index contributed by atoms with van der Waals surface area (Å²) in [6, 6.07) is 50.9. The lowest BCUT2D eigenvalue weighted by Gasteiger charge is -2.19. The fourth-order valence-corrected chi connectivity index (χ4v) is 9.53. The maximum absolute atomic E-state index is 12.9. The molecule has 8 aromatic carbocycles. The summed E-state index contributed by atoms with van der Waals surface area (Å²) in [4.78, 5) is 0. The fourth-order valence-electron chi connectivity index (χ4n) is 8.38. The fraction of sp³-hybridized carbons (Fsp3) is 0.429. The lowest BCUT2D eigenvalue weighted by molar-refractivity contribution is 0.146. The molecule has 0 amide bonds. The number of aryl methyl sites for hydroxylation is 2. The van der Waals surface area contributed by atoms with Crippen LogP contribution in [0.3, 0.4) is 0 Å². The molecule has 8 rings (SSSR count). The van der Waals surface area contributed by atoms with Crippen LogP contribution in [-0.4, -0.2) is 0 Å². The summed E-state index contributed by atoms with van der Waals surface area (Å²) in [6.07, 6.45) is -5.13. The Hall–Kier alpha value is -5.26. The second-order valence-corrected chi connectivity index (χ2v) is 34.7. The van der Waals surface area contributed by atoms with Gasteiger partial charge >= 0.3 is 0 Å². The molecule has 0 nitrogen and oxygen atoms in total. The third-order valence-corrected chi connectivity index (χ3v) is 16.6. The first-order valence-electron chi connectivity index (χ1n) is 32.2. The molecule has 0 aliphatic heterocycles. The normalized spacial score (nSPS) is 11.8. The quantitative estimate of drug-likeness (QED) is 0.151. The van der Waals surface area contributed by atoms with Crippen molar-refractivity contribution < 1.29 is 35.1 Å². The van der Waals surface area contributed by atoms with Gasteiger partial charge in [-0.1, -0.05) is 308 Å². The molecule has 96 heavy (non-hydrogen) atoms. The number of alkyl halides is 4. The first-order chi connectivity index (χ1) is 43.5. The molecular formula is C84H108Br2Cl2F8. The van der Waals surface area contributed by atoms with E-state index in [2.05, 4.69) is 218 Å². The number of hydrogen-bond donors (Lipinski definition) is 0. The minimum absolute atomic E-state index is 0.0251. The van der Waals surface area contributed by atoms with Gasteiger partial charge in [-0.2, -0.15) is 0 Å². The molecule has 528 valence electrons. The third-order valence-electron chi connectivity index (χ3n) is 15.0. The molecule has 0 spiro atoms. The number of rotatable bonds is 2. The van der Waals surface area contributed by atoms with Crippen LogP contribution in [0, 0.1) is 37.1 Å². The largest absolute Gasteiger partial charge is 0.266 e. The second kappa shape index (κ2) is 37.8. The molecule has 0 saturated heterocycles. The van der Waals surface area contributed by atoms with Gasteiger partial charge in [0.15, 0.2) is 0 Å². The topological polar surface area (TPSA) is 0 Å². The van der Waals surface area contributed by atoms with Crippen molar-refractivity contribution in [2.24, 2.45) is 0 Å². The van der Waals surface area contributed by atoms with Gasteiger partial charge < -0.3 is 0 Å². The summed E-state index contributed by atoms with van der Waals surface area (Å²) in [5.41, 5.74) is 11.4. The molecule has 0 aliphatic carbocycles. The molecule has 0 aromatic heterocycles. The Bertz CT molecular complexity index is 3370. The van der Waals surface area contributed by atoms with Crippen LogP contribution in [-0.2, 0) is 43.3 Å². The Labute approximate surface area is 601 Å². The highest BCUT2D eigenvalue weighted by Gasteiger charge is 2.22. The molecule has 0 atom stereocenters. The number of hydrogen-bond acceptors (Lipinski definition) is 0. The smallest absolute Gasteiger partial charge is 0.207 e. The zero-order valence-electron chi connectivity index (χ0n) is 61.9. The molecule has 8 aromatic rings. The number of halogens is 12. The zero-order valence-corrected chi connectivity index (χ0v) is 66.5. The van der Waals surface area contributed by atoms with Crippen LogP contribution in [0.5, 0.6) is 0 Å². The summed E-state index contributed by atoms with van der Waals surface area (Å²) >= 11 is 18.1. The summed E-state index contributed by atoms with van der Waals surface area (Å²) in [6.45, 7) is 54.4. The van der Waals surface area contributed by atoms with Crippen molar-refractivity contribution in [2.75, 3.05) is 0 Å². The van der Waals surface area contributed by atoms with E-state index < -0.39 is 24.2 Å². The van der Waals surface area contributed by atoms with Gasteiger partial charge in [0.25, 0.3) is 12.9 Å². The van der Waals surface area contributed by atoms with Crippen molar-refractivity contribution >= 4 is 55.1 Å². The molecule has 0 N–H and O–H groups in total. The lowest BCUT2D eigenvalue weighted by Crippen LogP contribution is -2.12. The Morgan fingerprint density at radius 2 is 0.635 bits per heavy atom. The Morgan fingerprint density at radius 3 is 0.979 bits per heavy atom. The summed E-state index contributed by atoms with van der Waals surface area (Å²) in [5, 5.41) is 1.01. The van der Waals surface area contributed by atoms with Crippen LogP contribution >= 0.6 is 55.1 Å².